The number of carbonyl (C=O) groups excluding carboxylic acids is 1. The van der Waals surface area contributed by atoms with Gasteiger partial charge in [0.15, 0.2) is 5.96 Å². The third-order valence-electron chi connectivity index (χ3n) is 3.90. The molecule has 1 aromatic carbocycles. The molecule has 0 aliphatic rings. The molecular weight excluding hydrogens is 376 g/mol. The van der Waals surface area contributed by atoms with Gasteiger partial charge in [0.25, 0.3) is 0 Å². The summed E-state index contributed by atoms with van der Waals surface area (Å²) in [6.45, 7) is 6.83. The first kappa shape index (κ1) is 22.0. The summed E-state index contributed by atoms with van der Waals surface area (Å²) < 4.78 is 6.47. The minimum atomic E-state index is -0.625. The normalized spacial score (nSPS) is 13.3. The highest BCUT2D eigenvalue weighted by atomic mass is 32.1. The minimum Gasteiger partial charge on any atom is -0.444 e. The van der Waals surface area contributed by atoms with Gasteiger partial charge in [0.1, 0.15) is 11.7 Å². The van der Waals surface area contributed by atoms with E-state index < -0.39 is 11.7 Å². The third kappa shape index (κ3) is 6.69. The van der Waals surface area contributed by atoms with Gasteiger partial charge in [0.05, 0.1) is 0 Å². The average Bonchev–Trinajstić information content (AvgIpc) is 3.07. The van der Waals surface area contributed by atoms with Crippen LogP contribution in [0.4, 0.5) is 4.79 Å². The van der Waals surface area contributed by atoms with Crippen molar-refractivity contribution < 1.29 is 14.6 Å². The monoisotopic (exact) mass is 406 g/mol. The van der Waals surface area contributed by atoms with E-state index in [2.05, 4.69) is 15.6 Å². The van der Waals surface area contributed by atoms with E-state index in [1.165, 1.54) is 4.90 Å². The topological polar surface area (TPSA) is 86.2 Å². The van der Waals surface area contributed by atoms with Crippen LogP contribution in [0.2, 0.25) is 0 Å². The van der Waals surface area contributed by atoms with Crippen molar-refractivity contribution in [1.82, 2.24) is 15.5 Å². The van der Waals surface area contributed by atoms with Gasteiger partial charge in [-0.15, -0.1) is 11.3 Å². The van der Waals surface area contributed by atoms with Crippen LogP contribution in [0.3, 0.4) is 0 Å². The van der Waals surface area contributed by atoms with Gasteiger partial charge in [-0.1, -0.05) is 18.2 Å². The van der Waals surface area contributed by atoms with Crippen LogP contribution in [0.1, 0.15) is 31.8 Å². The molecule has 0 saturated carbocycles. The fraction of sp³-hybridized carbons (Fsp3) is 0.500. The van der Waals surface area contributed by atoms with Crippen LogP contribution in [-0.4, -0.2) is 61.4 Å². The Morgan fingerprint density at radius 2 is 2.04 bits per heavy atom. The Morgan fingerprint density at radius 3 is 2.68 bits per heavy atom. The number of thiophene rings is 1. The van der Waals surface area contributed by atoms with Crippen molar-refractivity contribution >= 4 is 33.5 Å². The van der Waals surface area contributed by atoms with Crippen molar-refractivity contribution in [2.24, 2.45) is 4.99 Å². The largest absolute Gasteiger partial charge is 0.444 e. The first-order valence-electron chi connectivity index (χ1n) is 9.25. The van der Waals surface area contributed by atoms with Crippen LogP contribution < -0.4 is 10.6 Å². The summed E-state index contributed by atoms with van der Waals surface area (Å²) in [7, 11) is 3.36. The summed E-state index contributed by atoms with van der Waals surface area (Å²) in [5.41, 5.74) is -0.515. The molecule has 1 unspecified atom stereocenters. The number of nitrogens with one attached hydrogen (secondary N) is 2. The minimum absolute atomic E-state index is 0.342. The van der Waals surface area contributed by atoms with Crippen LogP contribution in [-0.2, 0) is 4.74 Å². The molecule has 154 valence electrons. The molecule has 1 amide bonds. The lowest BCUT2D eigenvalue weighted by molar-refractivity contribution is 0.0302. The molecule has 0 aliphatic heterocycles. The molecule has 3 N–H and O–H groups in total. The molecule has 7 nitrogen and oxygen atoms in total. The van der Waals surface area contributed by atoms with E-state index in [-0.39, 0.29) is 6.09 Å². The van der Waals surface area contributed by atoms with E-state index in [9.17, 15) is 9.90 Å². The number of fused-ring (bicyclic) bond motifs is 1. The number of likely N-dealkylation sites (N-methyl/N-ethyl adjacent to an activating group) is 1. The maximum absolute atomic E-state index is 11.9. The van der Waals surface area contributed by atoms with Crippen molar-refractivity contribution in [1.29, 1.82) is 0 Å². The SMILES string of the molecule is CN=C(NCCN(C)C(=O)OC(C)(C)C)NCC(O)c1cc2ccccc2s1. The summed E-state index contributed by atoms with van der Waals surface area (Å²) in [6, 6.07) is 10.1. The highest BCUT2D eigenvalue weighted by molar-refractivity contribution is 7.19. The van der Waals surface area contributed by atoms with E-state index in [0.29, 0.717) is 25.6 Å². The smallest absolute Gasteiger partial charge is 0.410 e. The second kappa shape index (κ2) is 9.75. The van der Waals surface area contributed by atoms with Crippen molar-refractivity contribution in [3.63, 3.8) is 0 Å². The van der Waals surface area contributed by atoms with Crippen LogP contribution >= 0.6 is 11.3 Å². The van der Waals surface area contributed by atoms with Crippen molar-refractivity contribution in [2.45, 2.75) is 32.5 Å². The predicted molar refractivity (Wildman–Crippen MR) is 115 cm³/mol. The zero-order valence-corrected chi connectivity index (χ0v) is 18.0. The molecule has 1 atom stereocenters. The van der Waals surface area contributed by atoms with E-state index in [1.54, 1.807) is 25.4 Å². The second-order valence-electron chi connectivity index (χ2n) is 7.48. The molecule has 28 heavy (non-hydrogen) atoms. The fourth-order valence-electron chi connectivity index (χ4n) is 2.45. The van der Waals surface area contributed by atoms with Crippen LogP contribution in [0.15, 0.2) is 35.3 Å². The van der Waals surface area contributed by atoms with Crippen LogP contribution in [0.25, 0.3) is 10.1 Å². The standard InChI is InChI=1S/C20H30N4O3S/c1-20(2,3)27-19(26)24(5)11-10-22-18(21-4)23-13-15(25)17-12-14-8-6-7-9-16(14)28-17/h6-9,12,15,25H,10-11,13H2,1-5H3,(H2,21,22,23). The molecule has 0 saturated heterocycles. The number of hydrogen-bond donors (Lipinski definition) is 3. The number of hydrogen-bond acceptors (Lipinski definition) is 5. The summed E-state index contributed by atoms with van der Waals surface area (Å²) in [6.07, 6.45) is -0.988. The van der Waals surface area contributed by atoms with Gasteiger partial charge in [0.2, 0.25) is 0 Å². The number of aliphatic imine (C=N–C) groups is 1. The third-order valence-corrected chi connectivity index (χ3v) is 5.12. The van der Waals surface area contributed by atoms with Crippen molar-refractivity contribution in [3.05, 3.63) is 35.2 Å². The zero-order chi connectivity index (χ0) is 20.7. The molecule has 1 heterocycles. The number of aliphatic hydroxyl groups is 1. The van der Waals surface area contributed by atoms with Crippen LogP contribution in [0.5, 0.6) is 0 Å². The lowest BCUT2D eigenvalue weighted by Crippen LogP contribution is -2.44. The van der Waals surface area contributed by atoms with E-state index in [1.807, 2.05) is 51.1 Å². The summed E-state index contributed by atoms with van der Waals surface area (Å²) in [4.78, 5) is 18.5. The van der Waals surface area contributed by atoms with E-state index in [0.717, 1.165) is 15.0 Å². The lowest BCUT2D eigenvalue weighted by Gasteiger charge is -2.25. The first-order chi connectivity index (χ1) is 13.2. The van der Waals surface area contributed by atoms with Crippen molar-refractivity contribution in [2.75, 3.05) is 33.7 Å². The zero-order valence-electron chi connectivity index (χ0n) is 17.2. The Kier molecular flexibility index (Phi) is 7.65. The highest BCUT2D eigenvalue weighted by Crippen LogP contribution is 2.29. The van der Waals surface area contributed by atoms with Gasteiger partial charge in [0, 0.05) is 43.3 Å². The van der Waals surface area contributed by atoms with Gasteiger partial charge in [-0.05, 0) is 38.3 Å². The van der Waals surface area contributed by atoms with Gasteiger partial charge >= 0.3 is 6.09 Å². The Hall–Kier alpha value is -2.32. The molecule has 2 aromatic rings. The second-order valence-corrected chi connectivity index (χ2v) is 8.60. The van der Waals surface area contributed by atoms with Crippen molar-refractivity contribution in [3.8, 4) is 0 Å². The first-order valence-corrected chi connectivity index (χ1v) is 10.1. The molecular formula is C20H30N4O3S. The highest BCUT2D eigenvalue weighted by Gasteiger charge is 2.19. The van der Waals surface area contributed by atoms with Gasteiger partial charge in [-0.2, -0.15) is 0 Å². The van der Waals surface area contributed by atoms with Gasteiger partial charge in [-0.3, -0.25) is 4.99 Å². The molecule has 1 aromatic heterocycles. The molecule has 2 rings (SSSR count). The number of carbonyl (C=O) groups is 1. The predicted octanol–water partition coefficient (Wildman–Crippen LogP) is 2.97. The number of nitrogens with zero attached hydrogens (tertiary/aromatic N) is 2. The number of aliphatic hydroxyl groups excluding tert-OH is 1. The molecule has 0 bridgehead atoms. The maximum atomic E-state index is 11.9. The maximum Gasteiger partial charge on any atom is 0.410 e. The van der Waals surface area contributed by atoms with Gasteiger partial charge in [-0.25, -0.2) is 4.79 Å². The Bertz CT molecular complexity index is 780. The molecule has 0 fully saturated rings. The number of ether oxygens (including phenoxy) is 1. The summed E-state index contributed by atoms with van der Waals surface area (Å²) in [5.74, 6) is 0.567. The molecule has 0 spiro atoms. The number of rotatable bonds is 6. The quantitative estimate of drug-likeness (QED) is 0.507. The van der Waals surface area contributed by atoms with E-state index in [4.69, 9.17) is 4.74 Å². The lowest BCUT2D eigenvalue weighted by atomic mass is 10.2. The van der Waals surface area contributed by atoms with Gasteiger partial charge < -0.3 is 25.4 Å². The molecule has 8 heteroatoms. The fourth-order valence-corrected chi connectivity index (χ4v) is 3.50. The summed E-state index contributed by atoms with van der Waals surface area (Å²) in [5, 5.41) is 17.8. The number of amides is 1. The Labute approximate surface area is 170 Å². The number of benzene rings is 1. The van der Waals surface area contributed by atoms with Crippen LogP contribution in [0, 0.1) is 0 Å². The number of guanidine groups is 1. The molecule has 0 radical (unpaired) electrons. The Morgan fingerprint density at radius 1 is 1.32 bits per heavy atom. The Balaban J connectivity index is 1.77. The summed E-state index contributed by atoms with van der Waals surface area (Å²) >= 11 is 1.59. The van der Waals surface area contributed by atoms with E-state index >= 15 is 0 Å². The average molecular weight is 407 g/mol. The molecule has 0 aliphatic carbocycles.